The number of rotatable bonds is 7. The van der Waals surface area contributed by atoms with Crippen molar-refractivity contribution in [3.63, 3.8) is 0 Å². The lowest BCUT2D eigenvalue weighted by Crippen LogP contribution is -2.45. The number of anilines is 1. The van der Waals surface area contributed by atoms with Crippen LogP contribution in [0.1, 0.15) is 36.2 Å². The highest BCUT2D eigenvalue weighted by Gasteiger charge is 2.36. The summed E-state index contributed by atoms with van der Waals surface area (Å²) in [6.07, 6.45) is 0.576. The van der Waals surface area contributed by atoms with Crippen LogP contribution in [0.15, 0.2) is 42.5 Å². The summed E-state index contributed by atoms with van der Waals surface area (Å²) in [5.41, 5.74) is 2.20. The maximum atomic E-state index is 13.1. The van der Waals surface area contributed by atoms with E-state index < -0.39 is 6.04 Å². The van der Waals surface area contributed by atoms with Crippen LogP contribution in [0, 0.1) is 5.92 Å². The van der Waals surface area contributed by atoms with Gasteiger partial charge in [-0.1, -0.05) is 32.0 Å². The summed E-state index contributed by atoms with van der Waals surface area (Å²) < 4.78 is 10.5. The molecule has 0 radical (unpaired) electrons. The molecule has 6 nitrogen and oxygen atoms in total. The highest BCUT2D eigenvalue weighted by Crippen LogP contribution is 2.29. The van der Waals surface area contributed by atoms with Crippen molar-refractivity contribution in [2.75, 3.05) is 19.5 Å². The van der Waals surface area contributed by atoms with E-state index in [0.717, 1.165) is 5.56 Å². The van der Waals surface area contributed by atoms with Gasteiger partial charge < -0.3 is 19.7 Å². The van der Waals surface area contributed by atoms with E-state index in [2.05, 4.69) is 5.32 Å². The van der Waals surface area contributed by atoms with Gasteiger partial charge >= 0.3 is 0 Å². The fraction of sp³-hybridized carbons (Fsp3) is 0.364. The lowest BCUT2D eigenvalue weighted by atomic mass is 10.0. The largest absolute Gasteiger partial charge is 0.497 e. The fourth-order valence-corrected chi connectivity index (χ4v) is 3.46. The highest BCUT2D eigenvalue weighted by molar-refractivity contribution is 6.03. The summed E-state index contributed by atoms with van der Waals surface area (Å²) in [5, 5.41) is 2.93. The number of fused-ring (bicyclic) bond motifs is 1. The Balaban J connectivity index is 1.85. The Morgan fingerprint density at radius 2 is 1.75 bits per heavy atom. The van der Waals surface area contributed by atoms with E-state index in [0.29, 0.717) is 35.7 Å². The number of carbonyl (C=O) groups is 2. The predicted octanol–water partition coefficient (Wildman–Crippen LogP) is 3.71. The van der Waals surface area contributed by atoms with Crippen LogP contribution in [0.4, 0.5) is 5.69 Å². The molecule has 28 heavy (non-hydrogen) atoms. The van der Waals surface area contributed by atoms with E-state index >= 15 is 0 Å². The monoisotopic (exact) mass is 382 g/mol. The fourth-order valence-electron chi connectivity index (χ4n) is 3.46. The van der Waals surface area contributed by atoms with Gasteiger partial charge in [0.15, 0.2) is 0 Å². The summed E-state index contributed by atoms with van der Waals surface area (Å²) in [6, 6.07) is 12.1. The Bertz CT molecular complexity index is 856. The number of nitrogens with zero attached hydrogens (tertiary/aromatic N) is 1. The molecule has 1 atom stereocenters. The highest BCUT2D eigenvalue weighted by atomic mass is 16.5. The van der Waals surface area contributed by atoms with Crippen molar-refractivity contribution in [2.45, 2.75) is 32.9 Å². The summed E-state index contributed by atoms with van der Waals surface area (Å²) in [7, 11) is 3.12. The number of carbonyl (C=O) groups excluding carboxylic acids is 2. The van der Waals surface area contributed by atoms with Crippen molar-refractivity contribution >= 4 is 17.5 Å². The van der Waals surface area contributed by atoms with Crippen LogP contribution in [0.3, 0.4) is 0 Å². The first kappa shape index (κ1) is 19.7. The van der Waals surface area contributed by atoms with Gasteiger partial charge in [0.25, 0.3) is 5.91 Å². The maximum absolute atomic E-state index is 13.1. The van der Waals surface area contributed by atoms with E-state index in [4.69, 9.17) is 9.47 Å². The van der Waals surface area contributed by atoms with Gasteiger partial charge in [0.2, 0.25) is 5.91 Å². The van der Waals surface area contributed by atoms with Crippen LogP contribution in [0.5, 0.6) is 11.5 Å². The molecule has 6 heteroatoms. The van der Waals surface area contributed by atoms with Crippen molar-refractivity contribution in [2.24, 2.45) is 5.92 Å². The summed E-state index contributed by atoms with van der Waals surface area (Å²) in [4.78, 5) is 27.7. The first-order valence-corrected chi connectivity index (χ1v) is 9.35. The number of amides is 2. The van der Waals surface area contributed by atoms with E-state index in [1.165, 1.54) is 0 Å². The van der Waals surface area contributed by atoms with Gasteiger partial charge in [-0.3, -0.25) is 9.59 Å². The maximum Gasteiger partial charge on any atom is 0.255 e. The van der Waals surface area contributed by atoms with Gasteiger partial charge in [0, 0.05) is 36.0 Å². The number of hydrogen-bond donors (Lipinski definition) is 1. The molecule has 2 amide bonds. The Hall–Kier alpha value is -3.02. The van der Waals surface area contributed by atoms with Gasteiger partial charge in [-0.15, -0.1) is 0 Å². The molecule has 0 spiro atoms. The van der Waals surface area contributed by atoms with Crippen molar-refractivity contribution in [1.82, 2.24) is 4.90 Å². The zero-order chi connectivity index (χ0) is 20.3. The van der Waals surface area contributed by atoms with Crippen molar-refractivity contribution in [1.29, 1.82) is 0 Å². The minimum absolute atomic E-state index is 0.0976. The zero-order valence-electron chi connectivity index (χ0n) is 16.7. The Labute approximate surface area is 165 Å². The quantitative estimate of drug-likeness (QED) is 0.793. The van der Waals surface area contributed by atoms with Crippen molar-refractivity contribution in [3.05, 3.63) is 53.6 Å². The molecule has 1 aliphatic rings. The van der Waals surface area contributed by atoms with Gasteiger partial charge in [0.1, 0.15) is 17.5 Å². The van der Waals surface area contributed by atoms with Crippen LogP contribution in [0.2, 0.25) is 0 Å². The van der Waals surface area contributed by atoms with Gasteiger partial charge in [0.05, 0.1) is 14.2 Å². The van der Waals surface area contributed by atoms with E-state index in [1.54, 1.807) is 37.3 Å². The third kappa shape index (κ3) is 4.11. The molecule has 0 aliphatic carbocycles. The molecule has 0 bridgehead atoms. The van der Waals surface area contributed by atoms with E-state index in [-0.39, 0.29) is 17.7 Å². The Kier molecular flexibility index (Phi) is 5.87. The number of hydrogen-bond acceptors (Lipinski definition) is 4. The normalized spacial score (nSPS) is 14.0. The number of nitrogens with one attached hydrogen (secondary N) is 1. The van der Waals surface area contributed by atoms with Crippen molar-refractivity contribution in [3.8, 4) is 11.5 Å². The van der Waals surface area contributed by atoms with Crippen LogP contribution in [0.25, 0.3) is 0 Å². The molecule has 2 aromatic rings. The first-order chi connectivity index (χ1) is 13.4. The molecule has 0 aromatic heterocycles. The van der Waals surface area contributed by atoms with Gasteiger partial charge in [-0.05, 0) is 24.0 Å². The minimum Gasteiger partial charge on any atom is -0.497 e. The van der Waals surface area contributed by atoms with Crippen molar-refractivity contribution < 1.29 is 19.1 Å². The molecule has 2 aromatic carbocycles. The molecule has 1 heterocycles. The van der Waals surface area contributed by atoms with Crippen LogP contribution in [-0.4, -0.2) is 37.0 Å². The van der Waals surface area contributed by atoms with E-state index in [9.17, 15) is 9.59 Å². The number of benzene rings is 2. The SMILES string of the molecule is COc1cc(NC(=O)[C@H](CC(C)C)N2Cc3ccccc3C2=O)cc(OC)c1. The molecule has 1 aliphatic heterocycles. The second-order valence-electron chi connectivity index (χ2n) is 7.33. The molecule has 1 N–H and O–H groups in total. The first-order valence-electron chi connectivity index (χ1n) is 9.35. The molecule has 0 fully saturated rings. The summed E-state index contributed by atoms with van der Waals surface area (Å²) >= 11 is 0. The molecule has 0 saturated heterocycles. The van der Waals surface area contributed by atoms with Gasteiger partial charge in [-0.2, -0.15) is 0 Å². The third-order valence-corrected chi connectivity index (χ3v) is 4.84. The minimum atomic E-state index is -0.558. The average molecular weight is 382 g/mol. The third-order valence-electron chi connectivity index (χ3n) is 4.84. The molecule has 3 rings (SSSR count). The number of ether oxygens (including phenoxy) is 2. The second kappa shape index (κ2) is 8.33. The predicted molar refractivity (Wildman–Crippen MR) is 108 cm³/mol. The van der Waals surface area contributed by atoms with E-state index in [1.807, 2.05) is 38.1 Å². The van der Waals surface area contributed by atoms with Gasteiger partial charge in [-0.25, -0.2) is 0 Å². The lowest BCUT2D eigenvalue weighted by Gasteiger charge is -2.28. The topological polar surface area (TPSA) is 67.9 Å². The van der Waals surface area contributed by atoms with Crippen LogP contribution >= 0.6 is 0 Å². The lowest BCUT2D eigenvalue weighted by molar-refractivity contribution is -0.121. The number of methoxy groups -OCH3 is 2. The molecule has 0 saturated carbocycles. The average Bonchev–Trinajstić information content (AvgIpc) is 3.02. The van der Waals surface area contributed by atoms with Crippen LogP contribution in [-0.2, 0) is 11.3 Å². The molecular formula is C22H26N2O4. The molecule has 148 valence electrons. The Morgan fingerprint density at radius 1 is 1.11 bits per heavy atom. The second-order valence-corrected chi connectivity index (χ2v) is 7.33. The summed E-state index contributed by atoms with van der Waals surface area (Å²) in [6.45, 7) is 4.53. The molecular weight excluding hydrogens is 356 g/mol. The smallest absolute Gasteiger partial charge is 0.255 e. The Morgan fingerprint density at radius 3 is 2.32 bits per heavy atom. The van der Waals surface area contributed by atoms with Crippen LogP contribution < -0.4 is 14.8 Å². The zero-order valence-corrected chi connectivity index (χ0v) is 16.7. The summed E-state index contributed by atoms with van der Waals surface area (Å²) in [5.74, 6) is 1.11. The standard InChI is InChI=1S/C22H26N2O4/c1-14(2)9-20(24-13-15-7-5-6-8-19(15)22(24)26)21(25)23-16-10-17(27-3)12-18(11-16)28-4/h5-8,10-12,14,20H,9,13H2,1-4H3,(H,23,25)/t20-/m0/s1. The molecule has 0 unspecified atom stereocenters.